The van der Waals surface area contributed by atoms with E-state index in [4.69, 9.17) is 0 Å². The molecular formula is C22H25N5O3S2. The van der Waals surface area contributed by atoms with Gasteiger partial charge in [0.1, 0.15) is 0 Å². The minimum Gasteiger partial charge on any atom is -0.334 e. The van der Waals surface area contributed by atoms with E-state index < -0.39 is 9.84 Å². The molecule has 168 valence electrons. The van der Waals surface area contributed by atoms with Crippen molar-refractivity contribution < 1.29 is 13.2 Å². The molecular weight excluding hydrogens is 446 g/mol. The van der Waals surface area contributed by atoms with Gasteiger partial charge in [0.05, 0.1) is 22.9 Å². The number of carbonyl (C=O) groups is 1. The van der Waals surface area contributed by atoms with Crippen molar-refractivity contribution in [1.82, 2.24) is 25.1 Å². The van der Waals surface area contributed by atoms with Gasteiger partial charge in [-0.2, -0.15) is 4.68 Å². The van der Waals surface area contributed by atoms with Crippen LogP contribution in [0.25, 0.3) is 5.69 Å². The van der Waals surface area contributed by atoms with E-state index in [1.165, 1.54) is 11.8 Å². The van der Waals surface area contributed by atoms with Crippen LogP contribution in [0, 0.1) is 13.8 Å². The predicted molar refractivity (Wildman–Crippen MR) is 123 cm³/mol. The highest BCUT2D eigenvalue weighted by molar-refractivity contribution is 7.99. The fourth-order valence-electron chi connectivity index (χ4n) is 3.89. The molecule has 8 nitrogen and oxygen atoms in total. The first-order chi connectivity index (χ1) is 15.3. The summed E-state index contributed by atoms with van der Waals surface area (Å²) in [6.07, 6.45) is 0.464. The van der Waals surface area contributed by atoms with Crippen LogP contribution in [-0.2, 0) is 21.2 Å². The molecule has 1 aromatic heterocycles. The fraction of sp³-hybridized carbons (Fsp3) is 0.364. The zero-order chi connectivity index (χ0) is 22.7. The topological polar surface area (TPSA) is 98.1 Å². The second kappa shape index (κ2) is 9.41. The number of benzene rings is 2. The molecule has 1 fully saturated rings. The average Bonchev–Trinajstić information content (AvgIpc) is 3.37. The molecule has 0 bridgehead atoms. The molecule has 32 heavy (non-hydrogen) atoms. The molecule has 4 rings (SSSR count). The Labute approximate surface area is 191 Å². The minimum atomic E-state index is -3.11. The Morgan fingerprint density at radius 2 is 1.97 bits per heavy atom. The molecule has 1 amide bonds. The molecule has 1 saturated heterocycles. The number of hydrogen-bond donors (Lipinski definition) is 0. The van der Waals surface area contributed by atoms with Crippen LogP contribution < -0.4 is 0 Å². The molecule has 10 heteroatoms. The fourth-order valence-corrected chi connectivity index (χ4v) is 6.40. The van der Waals surface area contributed by atoms with Gasteiger partial charge in [0.25, 0.3) is 0 Å². The first-order valence-electron chi connectivity index (χ1n) is 10.3. The van der Waals surface area contributed by atoms with Gasteiger partial charge in [-0.25, -0.2) is 8.42 Å². The standard InChI is InChI=1S/C22H25N5O3S2/c1-16-8-9-20(17(2)12-16)27-22(23-24-25-27)31-14-21(28)26(13-18-6-4-3-5-7-18)19-10-11-32(29,30)15-19/h3-9,12,19H,10-11,13-15H2,1-2H3. The smallest absolute Gasteiger partial charge is 0.233 e. The number of rotatable bonds is 7. The van der Waals surface area contributed by atoms with Gasteiger partial charge < -0.3 is 4.90 Å². The zero-order valence-corrected chi connectivity index (χ0v) is 19.6. The number of thioether (sulfide) groups is 1. The van der Waals surface area contributed by atoms with Crippen LogP contribution in [0.1, 0.15) is 23.1 Å². The van der Waals surface area contributed by atoms with Gasteiger partial charge >= 0.3 is 0 Å². The molecule has 1 unspecified atom stereocenters. The molecule has 0 radical (unpaired) electrons. The summed E-state index contributed by atoms with van der Waals surface area (Å²) in [5, 5.41) is 12.5. The van der Waals surface area contributed by atoms with Crippen molar-refractivity contribution in [3.8, 4) is 5.69 Å². The SMILES string of the molecule is Cc1ccc(-n2nnnc2SCC(=O)N(Cc2ccccc2)C2CCS(=O)(=O)C2)c(C)c1. The van der Waals surface area contributed by atoms with Crippen molar-refractivity contribution >= 4 is 27.5 Å². The Balaban J connectivity index is 1.51. The van der Waals surface area contributed by atoms with Crippen LogP contribution in [-0.4, -0.2) is 62.7 Å². The van der Waals surface area contributed by atoms with Crippen LogP contribution in [0.3, 0.4) is 0 Å². The Hall–Kier alpha value is -2.72. The summed E-state index contributed by atoms with van der Waals surface area (Å²) in [7, 11) is -3.11. The van der Waals surface area contributed by atoms with E-state index in [2.05, 4.69) is 21.6 Å². The van der Waals surface area contributed by atoms with Gasteiger partial charge in [-0.3, -0.25) is 4.79 Å². The quantitative estimate of drug-likeness (QED) is 0.489. The predicted octanol–water partition coefficient (Wildman–Crippen LogP) is 2.59. The molecule has 0 saturated carbocycles. The number of aryl methyl sites for hydroxylation is 2. The van der Waals surface area contributed by atoms with Crippen molar-refractivity contribution in [3.63, 3.8) is 0 Å². The molecule has 1 aliphatic rings. The third-order valence-corrected chi connectivity index (χ3v) is 8.17. The van der Waals surface area contributed by atoms with E-state index in [0.29, 0.717) is 18.1 Å². The lowest BCUT2D eigenvalue weighted by atomic mass is 10.1. The number of hydrogen-bond acceptors (Lipinski definition) is 7. The maximum Gasteiger partial charge on any atom is 0.233 e. The lowest BCUT2D eigenvalue weighted by Gasteiger charge is -2.28. The van der Waals surface area contributed by atoms with Gasteiger partial charge in [-0.05, 0) is 47.9 Å². The Kier molecular flexibility index (Phi) is 6.61. The summed E-state index contributed by atoms with van der Waals surface area (Å²) in [6.45, 7) is 4.39. The monoisotopic (exact) mass is 471 g/mol. The molecule has 0 N–H and O–H groups in total. The number of carbonyl (C=O) groups excluding carboxylic acids is 1. The second-order valence-electron chi connectivity index (χ2n) is 8.02. The largest absolute Gasteiger partial charge is 0.334 e. The van der Waals surface area contributed by atoms with Crippen molar-refractivity contribution in [1.29, 1.82) is 0 Å². The molecule has 2 heterocycles. The van der Waals surface area contributed by atoms with Gasteiger partial charge in [-0.15, -0.1) is 5.10 Å². The lowest BCUT2D eigenvalue weighted by molar-refractivity contribution is -0.130. The van der Waals surface area contributed by atoms with E-state index >= 15 is 0 Å². The van der Waals surface area contributed by atoms with Crippen molar-refractivity contribution in [2.24, 2.45) is 0 Å². The molecule has 1 aliphatic heterocycles. The Morgan fingerprint density at radius 3 is 2.66 bits per heavy atom. The van der Waals surface area contributed by atoms with Gasteiger partial charge in [-0.1, -0.05) is 59.8 Å². The van der Waals surface area contributed by atoms with E-state index in [9.17, 15) is 13.2 Å². The highest BCUT2D eigenvalue weighted by Crippen LogP contribution is 2.25. The van der Waals surface area contributed by atoms with Crippen LogP contribution in [0.4, 0.5) is 0 Å². The molecule has 0 aliphatic carbocycles. The molecule has 0 spiro atoms. The average molecular weight is 472 g/mol. The maximum absolute atomic E-state index is 13.2. The summed E-state index contributed by atoms with van der Waals surface area (Å²) in [4.78, 5) is 14.9. The molecule has 3 aromatic rings. The van der Waals surface area contributed by atoms with Crippen LogP contribution in [0.5, 0.6) is 0 Å². The van der Waals surface area contributed by atoms with Crippen LogP contribution in [0.2, 0.25) is 0 Å². The second-order valence-corrected chi connectivity index (χ2v) is 11.2. The minimum absolute atomic E-state index is 0.0105. The summed E-state index contributed by atoms with van der Waals surface area (Å²) in [5.74, 6) is 0.121. The number of nitrogens with zero attached hydrogens (tertiary/aromatic N) is 5. The normalized spacial score (nSPS) is 17.4. The number of amides is 1. The van der Waals surface area contributed by atoms with Crippen molar-refractivity contribution in [2.75, 3.05) is 17.3 Å². The summed E-state index contributed by atoms with van der Waals surface area (Å²) in [5.41, 5.74) is 4.01. The molecule has 2 aromatic carbocycles. The summed E-state index contributed by atoms with van der Waals surface area (Å²) >= 11 is 1.25. The number of sulfone groups is 1. The number of tetrazole rings is 1. The van der Waals surface area contributed by atoms with E-state index in [1.807, 2.05) is 56.3 Å². The number of aromatic nitrogens is 4. The first-order valence-corrected chi connectivity index (χ1v) is 13.2. The van der Waals surface area contributed by atoms with E-state index in [0.717, 1.165) is 22.4 Å². The zero-order valence-electron chi connectivity index (χ0n) is 18.0. The third-order valence-electron chi connectivity index (χ3n) is 5.51. The highest BCUT2D eigenvalue weighted by atomic mass is 32.2. The molecule has 1 atom stereocenters. The van der Waals surface area contributed by atoms with Gasteiger partial charge in [0.2, 0.25) is 11.1 Å². The Morgan fingerprint density at radius 1 is 1.19 bits per heavy atom. The van der Waals surface area contributed by atoms with Crippen molar-refractivity contribution in [2.45, 2.75) is 38.0 Å². The van der Waals surface area contributed by atoms with Gasteiger partial charge in [0, 0.05) is 12.6 Å². The van der Waals surface area contributed by atoms with Gasteiger partial charge in [0.15, 0.2) is 9.84 Å². The lowest BCUT2D eigenvalue weighted by Crippen LogP contribution is -2.41. The van der Waals surface area contributed by atoms with E-state index in [1.54, 1.807) is 9.58 Å². The summed E-state index contributed by atoms with van der Waals surface area (Å²) < 4.78 is 25.7. The summed E-state index contributed by atoms with van der Waals surface area (Å²) in [6, 6.07) is 15.3. The maximum atomic E-state index is 13.2. The van der Waals surface area contributed by atoms with Crippen molar-refractivity contribution in [3.05, 3.63) is 65.2 Å². The highest BCUT2D eigenvalue weighted by Gasteiger charge is 2.34. The van der Waals surface area contributed by atoms with Crippen LogP contribution >= 0.6 is 11.8 Å². The Bertz CT molecular complexity index is 1210. The first kappa shape index (κ1) is 22.5. The van der Waals surface area contributed by atoms with Crippen LogP contribution in [0.15, 0.2) is 53.7 Å². The van der Waals surface area contributed by atoms with E-state index in [-0.39, 0.29) is 29.2 Å². The third kappa shape index (κ3) is 5.18.